The summed E-state index contributed by atoms with van der Waals surface area (Å²) in [5.41, 5.74) is 6.17. The maximum absolute atomic E-state index is 11.0. The average molecular weight is 198 g/mol. The zero-order chi connectivity index (χ0) is 11.0. The fourth-order valence-electron chi connectivity index (χ4n) is 1.35. The van der Waals surface area contributed by atoms with E-state index >= 15 is 0 Å². The van der Waals surface area contributed by atoms with Crippen LogP contribution in [0.2, 0.25) is 0 Å². The van der Waals surface area contributed by atoms with Gasteiger partial charge in [-0.05, 0) is 20.3 Å². The van der Waals surface area contributed by atoms with Gasteiger partial charge in [-0.15, -0.1) is 0 Å². The number of unbranched alkanes of at least 4 members (excludes halogenated alkanes) is 3. The minimum atomic E-state index is -0.308. The monoisotopic (exact) mass is 198 g/mol. The Morgan fingerprint density at radius 1 is 1.29 bits per heavy atom. The third-order valence-electron chi connectivity index (χ3n) is 2.07. The molecule has 1 amide bonds. The lowest BCUT2D eigenvalue weighted by Gasteiger charge is -2.08. The van der Waals surface area contributed by atoms with Gasteiger partial charge in [0.15, 0.2) is 0 Å². The summed E-state index contributed by atoms with van der Waals surface area (Å²) in [5.74, 6) is -0.303. The Morgan fingerprint density at radius 2 is 1.93 bits per heavy atom. The molecule has 0 aliphatic rings. The van der Waals surface area contributed by atoms with Crippen molar-refractivity contribution in [1.82, 2.24) is 0 Å². The minimum absolute atomic E-state index is 0.303. The van der Waals surface area contributed by atoms with Gasteiger partial charge in [0, 0.05) is 5.71 Å². The highest BCUT2D eigenvalue weighted by atomic mass is 16.1. The third kappa shape index (κ3) is 6.63. The van der Waals surface area contributed by atoms with Gasteiger partial charge >= 0.3 is 0 Å². The van der Waals surface area contributed by atoms with Crippen LogP contribution in [0.1, 0.15) is 52.9 Å². The van der Waals surface area contributed by atoms with Gasteiger partial charge in [-0.1, -0.05) is 32.6 Å². The molecule has 0 aromatic carbocycles. The smallest absolute Gasteiger partial charge is 0.242 e. The second-order valence-electron chi connectivity index (χ2n) is 3.84. The average Bonchev–Trinajstić information content (AvgIpc) is 2.09. The minimum Gasteiger partial charge on any atom is -0.368 e. The lowest BCUT2D eigenvalue weighted by molar-refractivity contribution is -0.119. The van der Waals surface area contributed by atoms with Gasteiger partial charge in [0.05, 0.1) is 0 Å². The molecular formula is C11H22N2O. The first-order chi connectivity index (χ1) is 6.57. The van der Waals surface area contributed by atoms with Crippen LogP contribution < -0.4 is 5.73 Å². The fourth-order valence-corrected chi connectivity index (χ4v) is 1.35. The van der Waals surface area contributed by atoms with Crippen LogP contribution in [-0.2, 0) is 4.79 Å². The van der Waals surface area contributed by atoms with Crippen molar-refractivity contribution in [1.29, 1.82) is 0 Å². The summed E-state index contributed by atoms with van der Waals surface area (Å²) in [4.78, 5) is 15.2. The van der Waals surface area contributed by atoms with Crippen molar-refractivity contribution in [2.75, 3.05) is 0 Å². The number of amides is 1. The lowest BCUT2D eigenvalue weighted by atomic mass is 10.1. The normalized spacial score (nSPS) is 12.2. The van der Waals surface area contributed by atoms with Crippen LogP contribution in [0.4, 0.5) is 0 Å². The molecule has 3 heteroatoms. The van der Waals surface area contributed by atoms with E-state index in [2.05, 4.69) is 11.9 Å². The molecular weight excluding hydrogens is 176 g/mol. The van der Waals surface area contributed by atoms with E-state index in [1.807, 2.05) is 13.8 Å². The molecule has 0 spiro atoms. The molecule has 82 valence electrons. The summed E-state index contributed by atoms with van der Waals surface area (Å²) in [6, 6.07) is -0.308. The van der Waals surface area contributed by atoms with E-state index in [1.54, 1.807) is 0 Å². The lowest BCUT2D eigenvalue weighted by Crippen LogP contribution is -2.27. The number of carbonyl (C=O) groups excluding carboxylic acids is 1. The van der Waals surface area contributed by atoms with Crippen LogP contribution in [0.15, 0.2) is 4.99 Å². The van der Waals surface area contributed by atoms with E-state index in [4.69, 9.17) is 5.73 Å². The summed E-state index contributed by atoms with van der Waals surface area (Å²) in [6.45, 7) is 5.95. The van der Waals surface area contributed by atoms with Crippen molar-refractivity contribution in [2.45, 2.75) is 58.9 Å². The van der Waals surface area contributed by atoms with Crippen molar-refractivity contribution in [2.24, 2.45) is 10.7 Å². The number of primary amides is 1. The SMILES string of the molecule is CCCCCCC(N=C(C)C)C(N)=O. The molecule has 14 heavy (non-hydrogen) atoms. The second-order valence-corrected chi connectivity index (χ2v) is 3.84. The highest BCUT2D eigenvalue weighted by Crippen LogP contribution is 2.08. The van der Waals surface area contributed by atoms with Gasteiger partial charge in [-0.25, -0.2) is 0 Å². The molecule has 0 saturated carbocycles. The van der Waals surface area contributed by atoms with Crippen LogP contribution in [-0.4, -0.2) is 17.7 Å². The summed E-state index contributed by atoms with van der Waals surface area (Å²) in [6.07, 6.45) is 5.43. The number of hydrogen-bond acceptors (Lipinski definition) is 2. The molecule has 0 radical (unpaired) electrons. The number of hydrogen-bond donors (Lipinski definition) is 1. The van der Waals surface area contributed by atoms with Gasteiger partial charge in [0.1, 0.15) is 6.04 Å². The van der Waals surface area contributed by atoms with Gasteiger partial charge in [-0.3, -0.25) is 9.79 Å². The van der Waals surface area contributed by atoms with Crippen molar-refractivity contribution < 1.29 is 4.79 Å². The predicted octanol–water partition coefficient (Wildman–Crippen LogP) is 2.29. The highest BCUT2D eigenvalue weighted by Gasteiger charge is 2.12. The van der Waals surface area contributed by atoms with Crippen LogP contribution in [0.3, 0.4) is 0 Å². The van der Waals surface area contributed by atoms with Crippen molar-refractivity contribution in [3.63, 3.8) is 0 Å². The first-order valence-electron chi connectivity index (χ1n) is 5.38. The van der Waals surface area contributed by atoms with E-state index in [-0.39, 0.29) is 11.9 Å². The van der Waals surface area contributed by atoms with E-state index in [1.165, 1.54) is 19.3 Å². The standard InChI is InChI=1S/C11H22N2O/c1-4-5-6-7-8-10(11(12)14)13-9(2)3/h10H,4-8H2,1-3H3,(H2,12,14). The number of nitrogens with zero attached hydrogens (tertiary/aromatic N) is 1. The van der Waals surface area contributed by atoms with Crippen LogP contribution in [0.25, 0.3) is 0 Å². The first kappa shape index (κ1) is 13.1. The molecule has 0 aromatic heterocycles. The molecule has 1 atom stereocenters. The summed E-state index contributed by atoms with van der Waals surface area (Å²) in [7, 11) is 0. The molecule has 0 fully saturated rings. The number of carbonyl (C=O) groups is 1. The maximum atomic E-state index is 11.0. The van der Waals surface area contributed by atoms with Crippen LogP contribution in [0.5, 0.6) is 0 Å². The zero-order valence-corrected chi connectivity index (χ0v) is 9.55. The highest BCUT2D eigenvalue weighted by molar-refractivity contribution is 5.86. The molecule has 0 aromatic rings. The van der Waals surface area contributed by atoms with E-state index < -0.39 is 0 Å². The molecule has 0 aliphatic carbocycles. The van der Waals surface area contributed by atoms with Gasteiger partial charge < -0.3 is 5.73 Å². The fraction of sp³-hybridized carbons (Fsp3) is 0.818. The summed E-state index contributed by atoms with van der Waals surface area (Å²) < 4.78 is 0. The number of nitrogens with two attached hydrogens (primary N) is 1. The van der Waals surface area contributed by atoms with E-state index in [0.717, 1.165) is 18.6 Å². The Morgan fingerprint density at radius 3 is 2.36 bits per heavy atom. The molecule has 0 rings (SSSR count). The van der Waals surface area contributed by atoms with Crippen molar-refractivity contribution >= 4 is 11.6 Å². The molecule has 1 unspecified atom stereocenters. The molecule has 0 heterocycles. The third-order valence-corrected chi connectivity index (χ3v) is 2.07. The molecule has 0 saturated heterocycles. The quantitative estimate of drug-likeness (QED) is 0.495. The van der Waals surface area contributed by atoms with Gasteiger partial charge in [-0.2, -0.15) is 0 Å². The topological polar surface area (TPSA) is 55.4 Å². The Balaban J connectivity index is 3.87. The van der Waals surface area contributed by atoms with Crippen molar-refractivity contribution in [3.05, 3.63) is 0 Å². The van der Waals surface area contributed by atoms with Gasteiger partial charge in [0.2, 0.25) is 5.91 Å². The second kappa shape index (κ2) is 7.54. The Labute approximate surface area is 86.8 Å². The molecule has 2 N–H and O–H groups in total. The van der Waals surface area contributed by atoms with Crippen LogP contribution in [0, 0.1) is 0 Å². The molecule has 0 aliphatic heterocycles. The molecule has 3 nitrogen and oxygen atoms in total. The number of rotatable bonds is 7. The van der Waals surface area contributed by atoms with Crippen molar-refractivity contribution in [3.8, 4) is 0 Å². The number of aliphatic imine (C=N–C) groups is 1. The summed E-state index contributed by atoms with van der Waals surface area (Å²) >= 11 is 0. The summed E-state index contributed by atoms with van der Waals surface area (Å²) in [5, 5.41) is 0. The Hall–Kier alpha value is -0.860. The Bertz CT molecular complexity index is 195. The largest absolute Gasteiger partial charge is 0.368 e. The van der Waals surface area contributed by atoms with Gasteiger partial charge in [0.25, 0.3) is 0 Å². The van der Waals surface area contributed by atoms with Crippen LogP contribution >= 0.6 is 0 Å². The van der Waals surface area contributed by atoms with E-state index in [9.17, 15) is 4.79 Å². The van der Waals surface area contributed by atoms with E-state index in [0.29, 0.717) is 0 Å². The Kier molecular flexibility index (Phi) is 7.07. The zero-order valence-electron chi connectivity index (χ0n) is 9.55. The maximum Gasteiger partial charge on any atom is 0.242 e. The molecule has 0 bridgehead atoms. The first-order valence-corrected chi connectivity index (χ1v) is 5.38. The predicted molar refractivity (Wildman–Crippen MR) is 60.5 cm³/mol.